The maximum Gasteiger partial charge on any atom is 0.310 e. The zero-order chi connectivity index (χ0) is 13.4. The van der Waals surface area contributed by atoms with Crippen molar-refractivity contribution in [3.63, 3.8) is 0 Å². The third-order valence-electron chi connectivity index (χ3n) is 2.64. The summed E-state index contributed by atoms with van der Waals surface area (Å²) in [7, 11) is 0. The molecular formula is C11H16N4O3. The molecule has 2 N–H and O–H groups in total. The highest BCUT2D eigenvalue weighted by Gasteiger charge is 2.18. The molecule has 18 heavy (non-hydrogen) atoms. The molecule has 0 unspecified atom stereocenters. The van der Waals surface area contributed by atoms with Gasteiger partial charge in [0.25, 0.3) is 0 Å². The second-order valence-corrected chi connectivity index (χ2v) is 3.96. The Balaban J connectivity index is 2.27. The summed E-state index contributed by atoms with van der Waals surface area (Å²) in [6.45, 7) is 0.996. The lowest BCUT2D eigenvalue weighted by atomic mass is 10.1. The molecule has 0 aromatic heterocycles. The van der Waals surface area contributed by atoms with E-state index in [9.17, 15) is 14.4 Å². The number of hydrogen-bond donors (Lipinski definition) is 2. The van der Waals surface area contributed by atoms with Gasteiger partial charge in [0.15, 0.2) is 0 Å². The first-order valence-corrected chi connectivity index (χ1v) is 5.86. The highest BCUT2D eigenvalue weighted by Crippen LogP contribution is 2.07. The summed E-state index contributed by atoms with van der Waals surface area (Å²) in [6, 6.07) is 1.68. The quantitative estimate of drug-likeness (QED) is 0.484. The molecule has 1 saturated heterocycles. The molecule has 0 atom stereocenters. The number of nitrogens with zero attached hydrogens (tertiary/aromatic N) is 2. The molecule has 1 aliphatic rings. The van der Waals surface area contributed by atoms with Crippen LogP contribution in [0.5, 0.6) is 0 Å². The van der Waals surface area contributed by atoms with Gasteiger partial charge in [-0.3, -0.25) is 14.4 Å². The van der Waals surface area contributed by atoms with Crippen LogP contribution in [0, 0.1) is 11.3 Å². The third-order valence-corrected chi connectivity index (χ3v) is 2.64. The molecule has 7 nitrogen and oxygen atoms in total. The standard InChI is InChI=1S/C11H16N4O3/c12-4-5-13-10(17)11(18)14-8-9(16)15-6-2-1-3-7-15/h1-3,5-8H2,(H,13,17)(H,14,18). The summed E-state index contributed by atoms with van der Waals surface area (Å²) < 4.78 is 0. The average molecular weight is 252 g/mol. The summed E-state index contributed by atoms with van der Waals surface area (Å²) >= 11 is 0. The van der Waals surface area contributed by atoms with Crippen molar-refractivity contribution >= 4 is 17.7 Å². The lowest BCUT2D eigenvalue weighted by molar-refractivity contribution is -0.140. The molecule has 3 amide bonds. The van der Waals surface area contributed by atoms with Gasteiger partial charge in [-0.05, 0) is 19.3 Å². The van der Waals surface area contributed by atoms with E-state index in [2.05, 4.69) is 10.6 Å². The molecule has 0 aromatic carbocycles. The molecule has 1 fully saturated rings. The maximum absolute atomic E-state index is 11.7. The first-order valence-electron chi connectivity index (χ1n) is 5.86. The fourth-order valence-corrected chi connectivity index (χ4v) is 1.69. The van der Waals surface area contributed by atoms with Crippen LogP contribution in [0.1, 0.15) is 19.3 Å². The van der Waals surface area contributed by atoms with E-state index in [0.717, 1.165) is 19.3 Å². The van der Waals surface area contributed by atoms with E-state index >= 15 is 0 Å². The van der Waals surface area contributed by atoms with Gasteiger partial charge in [0, 0.05) is 13.1 Å². The van der Waals surface area contributed by atoms with E-state index in [1.807, 2.05) is 0 Å². The number of rotatable bonds is 3. The zero-order valence-corrected chi connectivity index (χ0v) is 10.1. The molecule has 98 valence electrons. The van der Waals surface area contributed by atoms with E-state index in [0.29, 0.717) is 13.1 Å². The molecule has 7 heteroatoms. The number of piperidine rings is 1. The van der Waals surface area contributed by atoms with Crippen molar-refractivity contribution < 1.29 is 14.4 Å². The fourth-order valence-electron chi connectivity index (χ4n) is 1.69. The van der Waals surface area contributed by atoms with Crippen molar-refractivity contribution in [2.75, 3.05) is 26.2 Å². The Morgan fingerprint density at radius 3 is 2.28 bits per heavy atom. The van der Waals surface area contributed by atoms with Crippen LogP contribution in [-0.2, 0) is 14.4 Å². The largest absolute Gasteiger partial charge is 0.341 e. The summed E-state index contributed by atoms with van der Waals surface area (Å²) in [5.74, 6) is -1.98. The van der Waals surface area contributed by atoms with Crippen LogP contribution in [0.3, 0.4) is 0 Å². The topological polar surface area (TPSA) is 102 Å². The van der Waals surface area contributed by atoms with Crippen LogP contribution in [0.2, 0.25) is 0 Å². The smallest absolute Gasteiger partial charge is 0.310 e. The van der Waals surface area contributed by atoms with Crippen molar-refractivity contribution in [1.82, 2.24) is 15.5 Å². The number of carbonyl (C=O) groups is 3. The van der Waals surface area contributed by atoms with Crippen LogP contribution in [0.15, 0.2) is 0 Å². The van der Waals surface area contributed by atoms with Crippen LogP contribution >= 0.6 is 0 Å². The first-order chi connectivity index (χ1) is 8.65. The van der Waals surface area contributed by atoms with Crippen molar-refractivity contribution in [3.8, 4) is 6.07 Å². The van der Waals surface area contributed by atoms with Gasteiger partial charge in [-0.1, -0.05) is 0 Å². The number of hydrogen-bond acceptors (Lipinski definition) is 4. The summed E-state index contributed by atoms with van der Waals surface area (Å²) in [5.41, 5.74) is 0. The lowest BCUT2D eigenvalue weighted by Crippen LogP contribution is -2.46. The molecular weight excluding hydrogens is 236 g/mol. The Kier molecular flexibility index (Phi) is 5.64. The molecule has 0 aliphatic carbocycles. The fraction of sp³-hybridized carbons (Fsp3) is 0.636. The van der Waals surface area contributed by atoms with E-state index in [-0.39, 0.29) is 19.0 Å². The van der Waals surface area contributed by atoms with Crippen LogP contribution in [-0.4, -0.2) is 48.8 Å². The Labute approximate surface area is 105 Å². The Morgan fingerprint density at radius 2 is 1.67 bits per heavy atom. The minimum Gasteiger partial charge on any atom is -0.341 e. The number of amides is 3. The first kappa shape index (κ1) is 14.0. The second kappa shape index (κ2) is 7.27. The summed E-state index contributed by atoms with van der Waals surface area (Å²) in [4.78, 5) is 35.7. The van der Waals surface area contributed by atoms with E-state index in [1.165, 1.54) is 0 Å². The van der Waals surface area contributed by atoms with Crippen LogP contribution in [0.4, 0.5) is 0 Å². The molecule has 0 radical (unpaired) electrons. The third kappa shape index (κ3) is 4.41. The molecule has 1 rings (SSSR count). The van der Waals surface area contributed by atoms with Gasteiger partial charge in [0.1, 0.15) is 6.54 Å². The van der Waals surface area contributed by atoms with Crippen molar-refractivity contribution in [2.45, 2.75) is 19.3 Å². The van der Waals surface area contributed by atoms with Gasteiger partial charge in [-0.2, -0.15) is 5.26 Å². The summed E-state index contributed by atoms with van der Waals surface area (Å²) in [6.07, 6.45) is 3.07. The SMILES string of the molecule is N#CCNC(=O)C(=O)NCC(=O)N1CCCCC1. The monoisotopic (exact) mass is 252 g/mol. The molecule has 1 heterocycles. The van der Waals surface area contributed by atoms with E-state index < -0.39 is 11.8 Å². The van der Waals surface area contributed by atoms with Gasteiger partial charge < -0.3 is 15.5 Å². The average Bonchev–Trinajstić information content (AvgIpc) is 2.42. The van der Waals surface area contributed by atoms with Crippen LogP contribution < -0.4 is 10.6 Å². The number of likely N-dealkylation sites (tertiary alicyclic amines) is 1. The van der Waals surface area contributed by atoms with Gasteiger partial charge in [-0.15, -0.1) is 0 Å². The van der Waals surface area contributed by atoms with Crippen molar-refractivity contribution in [1.29, 1.82) is 5.26 Å². The van der Waals surface area contributed by atoms with Gasteiger partial charge >= 0.3 is 11.8 Å². The minimum absolute atomic E-state index is 0.182. The lowest BCUT2D eigenvalue weighted by Gasteiger charge is -2.26. The molecule has 0 bridgehead atoms. The predicted octanol–water partition coefficient (Wildman–Crippen LogP) is -1.25. The van der Waals surface area contributed by atoms with Gasteiger partial charge in [0.2, 0.25) is 5.91 Å². The van der Waals surface area contributed by atoms with Crippen molar-refractivity contribution in [2.24, 2.45) is 0 Å². The predicted molar refractivity (Wildman–Crippen MR) is 62.1 cm³/mol. The Bertz CT molecular complexity index is 369. The molecule has 0 spiro atoms. The molecule has 0 aromatic rings. The van der Waals surface area contributed by atoms with Crippen LogP contribution in [0.25, 0.3) is 0 Å². The minimum atomic E-state index is -0.900. The highest BCUT2D eigenvalue weighted by atomic mass is 16.2. The number of nitrogens with one attached hydrogen (secondary N) is 2. The summed E-state index contributed by atoms with van der Waals surface area (Å²) in [5, 5.41) is 12.6. The van der Waals surface area contributed by atoms with E-state index in [1.54, 1.807) is 11.0 Å². The molecule has 1 aliphatic heterocycles. The second-order valence-electron chi connectivity index (χ2n) is 3.96. The van der Waals surface area contributed by atoms with E-state index in [4.69, 9.17) is 5.26 Å². The number of carbonyl (C=O) groups excluding carboxylic acids is 3. The molecule has 0 saturated carbocycles. The van der Waals surface area contributed by atoms with Gasteiger partial charge in [0.05, 0.1) is 12.6 Å². The maximum atomic E-state index is 11.7. The normalized spacial score (nSPS) is 14.5. The number of nitriles is 1. The van der Waals surface area contributed by atoms with Crippen molar-refractivity contribution in [3.05, 3.63) is 0 Å². The Hall–Kier alpha value is -2.10. The highest BCUT2D eigenvalue weighted by molar-refractivity contribution is 6.35. The van der Waals surface area contributed by atoms with Gasteiger partial charge in [-0.25, -0.2) is 0 Å². The zero-order valence-electron chi connectivity index (χ0n) is 10.1. The Morgan fingerprint density at radius 1 is 1.06 bits per heavy atom.